The molecule has 0 radical (unpaired) electrons. The summed E-state index contributed by atoms with van der Waals surface area (Å²) in [6.45, 7) is 8.82. The predicted octanol–water partition coefficient (Wildman–Crippen LogP) is 12.6. The minimum Gasteiger partial charge on any atom is -0.489 e. The van der Waals surface area contributed by atoms with Gasteiger partial charge in [-0.15, -0.1) is 11.8 Å². The zero-order valence-electron chi connectivity index (χ0n) is 38.4. The van der Waals surface area contributed by atoms with Crippen LogP contribution in [-0.2, 0) is 58.4 Å². The molecule has 0 aliphatic carbocycles. The van der Waals surface area contributed by atoms with E-state index in [-0.39, 0.29) is 17.2 Å². The fourth-order valence-corrected chi connectivity index (χ4v) is 9.74. The zero-order chi connectivity index (χ0) is 45.8. The summed E-state index contributed by atoms with van der Waals surface area (Å²) < 4.78 is 40.6. The van der Waals surface area contributed by atoms with Gasteiger partial charge in [0.1, 0.15) is 43.1 Å². The summed E-state index contributed by atoms with van der Waals surface area (Å²) in [6, 6.07) is 64.4. The van der Waals surface area contributed by atoms with Crippen LogP contribution in [0, 0.1) is 6.92 Å². The van der Waals surface area contributed by atoms with Crippen molar-refractivity contribution in [3.8, 4) is 11.5 Å². The van der Waals surface area contributed by atoms with Crippen LogP contribution in [0.1, 0.15) is 69.2 Å². The SMILES string of the molecule is CC.Cc1cc(OCc2ccccc2)c([C@@H]2S[C@H](COCc3ccccc3)[C@@H](OCc3ccccc3)[C@H](OCc3ccccc3)[C@H]2OCc2ccccc2)cc1Cc1ccc(OCN)cc1. The van der Waals surface area contributed by atoms with Crippen molar-refractivity contribution < 1.29 is 28.4 Å². The van der Waals surface area contributed by atoms with E-state index in [9.17, 15) is 0 Å². The van der Waals surface area contributed by atoms with Crippen molar-refractivity contribution >= 4 is 11.8 Å². The van der Waals surface area contributed by atoms with Crippen LogP contribution in [-0.4, -0.2) is 36.9 Å². The summed E-state index contributed by atoms with van der Waals surface area (Å²) >= 11 is 1.83. The summed E-state index contributed by atoms with van der Waals surface area (Å²) in [5.74, 6) is 1.56. The minimum absolute atomic E-state index is 0.130. The van der Waals surface area contributed by atoms with Gasteiger partial charge in [-0.2, -0.15) is 0 Å². The molecule has 1 fully saturated rings. The second-order valence-corrected chi connectivity index (χ2v) is 17.5. The molecule has 0 unspecified atom stereocenters. The Hall–Kier alpha value is -5.71. The lowest BCUT2D eigenvalue weighted by Gasteiger charge is -2.46. The van der Waals surface area contributed by atoms with Crippen LogP contribution >= 0.6 is 11.8 Å². The molecule has 66 heavy (non-hydrogen) atoms. The normalized spacial score (nSPS) is 17.9. The number of thioether (sulfide) groups is 1. The standard InChI is InChI=1S/C56H57NO6S.C2H6/c1-41-31-51(59-35-44-19-9-3-10-20-44)50(33-48(41)32-42-27-29-49(30-28-42)63-40-57)56-55(62-38-47-25-15-6-16-26-47)54(61-37-46-23-13-5-14-24-46)53(60-36-45-21-11-4-12-22-45)52(64-56)39-58-34-43-17-7-2-8-18-43;1-2/h2-31,33,52-56H,32,34-40,57H2,1H3;1-2H3/t52-,53-,54+,55-,56+;/m1./s1. The van der Waals surface area contributed by atoms with E-state index < -0.39 is 18.3 Å². The van der Waals surface area contributed by atoms with Gasteiger partial charge in [-0.05, 0) is 76.1 Å². The molecular weight excluding hydrogens is 839 g/mol. The molecule has 8 heteroatoms. The third kappa shape index (κ3) is 13.9. The molecule has 7 nitrogen and oxygen atoms in total. The molecule has 0 aromatic heterocycles. The van der Waals surface area contributed by atoms with Gasteiger partial charge in [-0.3, -0.25) is 5.73 Å². The van der Waals surface area contributed by atoms with E-state index in [1.54, 1.807) is 0 Å². The molecule has 1 heterocycles. The van der Waals surface area contributed by atoms with Gasteiger partial charge in [0.05, 0.1) is 43.5 Å². The number of aryl methyl sites for hydroxylation is 1. The summed E-state index contributed by atoms with van der Waals surface area (Å²) in [5.41, 5.74) is 15.7. The highest BCUT2D eigenvalue weighted by atomic mass is 32.2. The smallest absolute Gasteiger partial charge is 0.137 e. The zero-order valence-corrected chi connectivity index (χ0v) is 39.2. The summed E-state index contributed by atoms with van der Waals surface area (Å²) in [6.07, 6.45) is -0.628. The van der Waals surface area contributed by atoms with Gasteiger partial charge in [0, 0.05) is 5.56 Å². The summed E-state index contributed by atoms with van der Waals surface area (Å²) in [5, 5.41) is -0.381. The third-order valence-electron chi connectivity index (χ3n) is 11.5. The Morgan fingerprint density at radius 3 is 1.42 bits per heavy atom. The molecule has 0 spiro atoms. The number of nitrogens with two attached hydrogens (primary N) is 1. The third-order valence-corrected chi connectivity index (χ3v) is 13.0. The van der Waals surface area contributed by atoms with Crippen LogP contribution in [0.3, 0.4) is 0 Å². The average Bonchev–Trinajstić information content (AvgIpc) is 3.37. The first-order chi connectivity index (χ1) is 32.6. The highest BCUT2D eigenvalue weighted by Gasteiger charge is 2.49. The lowest BCUT2D eigenvalue weighted by Crippen LogP contribution is -2.54. The van der Waals surface area contributed by atoms with Crippen molar-refractivity contribution in [1.29, 1.82) is 0 Å². The van der Waals surface area contributed by atoms with E-state index in [1.807, 2.05) is 117 Å². The highest BCUT2D eigenvalue weighted by Crippen LogP contribution is 2.50. The second kappa shape index (κ2) is 25.8. The largest absolute Gasteiger partial charge is 0.489 e. The van der Waals surface area contributed by atoms with Gasteiger partial charge in [-0.1, -0.05) is 184 Å². The molecule has 7 aromatic carbocycles. The van der Waals surface area contributed by atoms with Gasteiger partial charge in [0.15, 0.2) is 0 Å². The minimum atomic E-state index is -0.494. The van der Waals surface area contributed by atoms with E-state index in [2.05, 4.69) is 104 Å². The van der Waals surface area contributed by atoms with E-state index in [0.29, 0.717) is 46.1 Å². The van der Waals surface area contributed by atoms with Crippen molar-refractivity contribution in [3.05, 3.63) is 238 Å². The molecule has 5 atom stereocenters. The maximum absolute atomic E-state index is 7.24. The van der Waals surface area contributed by atoms with Crippen molar-refractivity contribution in [2.45, 2.75) is 89.0 Å². The van der Waals surface area contributed by atoms with Crippen LogP contribution in [0.5, 0.6) is 11.5 Å². The van der Waals surface area contributed by atoms with Crippen molar-refractivity contribution in [2.75, 3.05) is 13.3 Å². The van der Waals surface area contributed by atoms with Crippen LogP contribution in [0.15, 0.2) is 188 Å². The van der Waals surface area contributed by atoms with Crippen LogP contribution in [0.2, 0.25) is 0 Å². The molecule has 7 aromatic rings. The van der Waals surface area contributed by atoms with Crippen molar-refractivity contribution in [3.63, 3.8) is 0 Å². The maximum atomic E-state index is 7.24. The topological polar surface area (TPSA) is 81.4 Å². The van der Waals surface area contributed by atoms with Gasteiger partial charge < -0.3 is 28.4 Å². The molecule has 8 rings (SSSR count). The van der Waals surface area contributed by atoms with E-state index in [4.69, 9.17) is 34.2 Å². The quantitative estimate of drug-likeness (QED) is 0.0715. The molecule has 2 N–H and O–H groups in total. The molecular formula is C58H63NO6S. The first-order valence-electron chi connectivity index (χ1n) is 23.1. The maximum Gasteiger partial charge on any atom is 0.137 e. The summed E-state index contributed by atoms with van der Waals surface area (Å²) in [7, 11) is 0. The lowest BCUT2D eigenvalue weighted by atomic mass is 9.91. The Balaban J connectivity index is 0.00000320. The van der Waals surface area contributed by atoms with Crippen molar-refractivity contribution in [1.82, 2.24) is 0 Å². The molecule has 1 aliphatic rings. The fourth-order valence-electron chi connectivity index (χ4n) is 8.08. The van der Waals surface area contributed by atoms with Crippen LogP contribution < -0.4 is 15.2 Å². The monoisotopic (exact) mass is 901 g/mol. The Labute approximate surface area is 396 Å². The first-order valence-corrected chi connectivity index (χ1v) is 24.0. The molecule has 342 valence electrons. The van der Waals surface area contributed by atoms with E-state index >= 15 is 0 Å². The molecule has 0 bridgehead atoms. The van der Waals surface area contributed by atoms with Gasteiger partial charge in [0.25, 0.3) is 0 Å². The molecule has 1 saturated heterocycles. The predicted molar refractivity (Wildman–Crippen MR) is 268 cm³/mol. The Bertz CT molecular complexity index is 2420. The van der Waals surface area contributed by atoms with E-state index in [0.717, 1.165) is 56.0 Å². The number of hydrogen-bond acceptors (Lipinski definition) is 8. The van der Waals surface area contributed by atoms with Gasteiger partial charge >= 0.3 is 0 Å². The Kier molecular flexibility index (Phi) is 18.9. The number of ether oxygens (including phenoxy) is 6. The molecule has 0 amide bonds. The number of hydrogen-bond donors (Lipinski definition) is 1. The highest BCUT2D eigenvalue weighted by molar-refractivity contribution is 8.00. The number of rotatable bonds is 21. The lowest BCUT2D eigenvalue weighted by molar-refractivity contribution is -0.160. The fraction of sp³-hybridized carbons (Fsp3) is 0.276. The second-order valence-electron chi connectivity index (χ2n) is 16.1. The Morgan fingerprint density at radius 1 is 0.470 bits per heavy atom. The number of benzene rings is 7. The molecule has 1 aliphatic heterocycles. The Morgan fingerprint density at radius 2 is 0.924 bits per heavy atom. The first kappa shape index (κ1) is 48.2. The average molecular weight is 902 g/mol. The van der Waals surface area contributed by atoms with Crippen LogP contribution in [0.25, 0.3) is 0 Å². The summed E-state index contributed by atoms with van der Waals surface area (Å²) in [4.78, 5) is 0. The van der Waals surface area contributed by atoms with Crippen LogP contribution in [0.4, 0.5) is 0 Å². The van der Waals surface area contributed by atoms with E-state index in [1.165, 1.54) is 5.56 Å². The van der Waals surface area contributed by atoms with Crippen molar-refractivity contribution in [2.24, 2.45) is 5.73 Å². The van der Waals surface area contributed by atoms with Gasteiger partial charge in [-0.25, -0.2) is 0 Å². The molecule has 0 saturated carbocycles. The van der Waals surface area contributed by atoms with Gasteiger partial charge in [0.2, 0.25) is 0 Å².